The number of hydrogen-bond acceptors (Lipinski definition) is 2. The molecule has 3 heteroatoms. The van der Waals surface area contributed by atoms with Gasteiger partial charge in [0.2, 0.25) is 0 Å². The molecular formula is C14H17NO2. The van der Waals surface area contributed by atoms with Gasteiger partial charge < -0.3 is 10.1 Å². The predicted octanol–water partition coefficient (Wildman–Crippen LogP) is 1.79. The number of rotatable bonds is 3. The van der Waals surface area contributed by atoms with Crippen molar-refractivity contribution < 1.29 is 9.53 Å². The first-order valence-corrected chi connectivity index (χ1v) is 6.12. The molecule has 1 fully saturated rings. The number of amides is 1. The van der Waals surface area contributed by atoms with E-state index in [0.717, 1.165) is 25.7 Å². The summed E-state index contributed by atoms with van der Waals surface area (Å²) in [5.41, 5.74) is 0. The second-order valence-corrected chi connectivity index (χ2v) is 4.58. The first kappa shape index (κ1) is 11.9. The summed E-state index contributed by atoms with van der Waals surface area (Å²) in [4.78, 5) is 11.2. The molecule has 3 nitrogen and oxygen atoms in total. The van der Waals surface area contributed by atoms with Gasteiger partial charge in [0.05, 0.1) is 13.2 Å². The lowest BCUT2D eigenvalue weighted by Gasteiger charge is -2.04. The van der Waals surface area contributed by atoms with Crippen LogP contribution < -0.4 is 5.32 Å². The molecule has 0 radical (unpaired) electrons. The Hall–Kier alpha value is -1.61. The Bertz CT molecular complexity index is 367. The third-order valence-corrected chi connectivity index (χ3v) is 3.58. The number of fused-ring (bicyclic) bond motifs is 1. The van der Waals surface area contributed by atoms with Gasteiger partial charge in [0, 0.05) is 12.8 Å². The van der Waals surface area contributed by atoms with Crippen LogP contribution in [0, 0.1) is 41.9 Å². The van der Waals surface area contributed by atoms with E-state index in [1.165, 1.54) is 0 Å². The van der Waals surface area contributed by atoms with Gasteiger partial charge >= 0.3 is 6.09 Å². The summed E-state index contributed by atoms with van der Waals surface area (Å²) in [6.45, 7) is 0.746. The van der Waals surface area contributed by atoms with Crippen molar-refractivity contribution in [3.05, 3.63) is 0 Å². The van der Waals surface area contributed by atoms with Gasteiger partial charge in [0.1, 0.15) is 0 Å². The molecule has 1 saturated carbocycles. The third-order valence-electron chi connectivity index (χ3n) is 3.58. The van der Waals surface area contributed by atoms with Crippen LogP contribution in [0.15, 0.2) is 0 Å². The van der Waals surface area contributed by atoms with Crippen molar-refractivity contribution in [2.45, 2.75) is 25.7 Å². The third kappa shape index (κ3) is 3.17. The molecule has 2 rings (SSSR count). The number of hydrogen-bond donors (Lipinski definition) is 1. The van der Waals surface area contributed by atoms with Gasteiger partial charge in [-0.25, -0.2) is 4.79 Å². The highest BCUT2D eigenvalue weighted by Gasteiger charge is 2.49. The zero-order chi connectivity index (χ0) is 12.1. The fraction of sp³-hybridized carbons (Fsp3) is 0.643. The second-order valence-electron chi connectivity index (χ2n) is 4.58. The average molecular weight is 231 g/mol. The summed E-state index contributed by atoms with van der Waals surface area (Å²) in [7, 11) is 0. The lowest BCUT2D eigenvalue weighted by atomic mass is 10.1. The number of nitrogens with one attached hydrogen (secondary N) is 1. The quantitative estimate of drug-likeness (QED) is 0.752. The van der Waals surface area contributed by atoms with Crippen molar-refractivity contribution in [3.8, 4) is 24.2 Å². The van der Waals surface area contributed by atoms with Gasteiger partial charge in [-0.05, 0) is 30.6 Å². The molecule has 0 bridgehead atoms. The Labute approximate surface area is 102 Å². The Balaban J connectivity index is 1.68. The fourth-order valence-corrected chi connectivity index (χ4v) is 2.63. The van der Waals surface area contributed by atoms with Crippen LogP contribution in [0.25, 0.3) is 0 Å². The smallest absolute Gasteiger partial charge is 0.407 e. The predicted molar refractivity (Wildman–Crippen MR) is 64.9 cm³/mol. The van der Waals surface area contributed by atoms with E-state index < -0.39 is 6.09 Å². The summed E-state index contributed by atoms with van der Waals surface area (Å²) in [5, 5.41) is 2.50. The Morgan fingerprint density at radius 1 is 1.35 bits per heavy atom. The van der Waals surface area contributed by atoms with Gasteiger partial charge in [-0.2, -0.15) is 0 Å². The highest BCUT2D eigenvalue weighted by Crippen LogP contribution is 2.52. The van der Waals surface area contributed by atoms with Crippen molar-refractivity contribution in [2.75, 3.05) is 13.2 Å². The molecule has 0 aromatic heterocycles. The molecule has 0 heterocycles. The minimum absolute atomic E-state index is 0.226. The molecule has 0 spiro atoms. The average Bonchev–Trinajstić information content (AvgIpc) is 2.94. The van der Waals surface area contributed by atoms with E-state index in [2.05, 4.69) is 23.1 Å². The van der Waals surface area contributed by atoms with E-state index in [4.69, 9.17) is 11.2 Å². The molecule has 3 atom stereocenters. The van der Waals surface area contributed by atoms with Gasteiger partial charge in [0.15, 0.2) is 0 Å². The molecule has 2 aliphatic rings. The zero-order valence-corrected chi connectivity index (χ0v) is 9.87. The summed E-state index contributed by atoms with van der Waals surface area (Å²) >= 11 is 0. The first-order valence-electron chi connectivity index (χ1n) is 6.12. The van der Waals surface area contributed by atoms with Crippen LogP contribution in [0.1, 0.15) is 25.7 Å². The molecule has 0 aliphatic heterocycles. The van der Waals surface area contributed by atoms with Crippen LogP contribution in [0.4, 0.5) is 4.79 Å². The van der Waals surface area contributed by atoms with Crippen molar-refractivity contribution >= 4 is 6.09 Å². The summed E-state index contributed by atoms with van der Waals surface area (Å²) in [6.07, 6.45) is 8.91. The van der Waals surface area contributed by atoms with E-state index >= 15 is 0 Å². The molecule has 2 aliphatic carbocycles. The standard InChI is InChI=1S/C14H17NO2/c1-2-9-15-14(16)17-10-13-11-7-5-3-4-6-8-12(11)13/h1,11-13H,5-10H2,(H,15,16)/t11-,12+,13?. The number of carbonyl (C=O) groups is 1. The first-order chi connectivity index (χ1) is 8.33. The summed E-state index contributed by atoms with van der Waals surface area (Å²) < 4.78 is 5.16. The van der Waals surface area contributed by atoms with Crippen molar-refractivity contribution in [1.82, 2.24) is 5.32 Å². The van der Waals surface area contributed by atoms with Crippen LogP contribution in [0.5, 0.6) is 0 Å². The highest BCUT2D eigenvalue weighted by atomic mass is 16.5. The maximum absolute atomic E-state index is 11.2. The van der Waals surface area contributed by atoms with E-state index in [1.54, 1.807) is 0 Å². The van der Waals surface area contributed by atoms with Crippen molar-refractivity contribution in [2.24, 2.45) is 17.8 Å². The Morgan fingerprint density at radius 3 is 2.59 bits per heavy atom. The van der Waals surface area contributed by atoms with Gasteiger partial charge in [-0.1, -0.05) is 5.92 Å². The molecule has 17 heavy (non-hydrogen) atoms. The number of ether oxygens (including phenoxy) is 1. The van der Waals surface area contributed by atoms with Crippen molar-refractivity contribution in [3.63, 3.8) is 0 Å². The van der Waals surface area contributed by atoms with E-state index in [1.807, 2.05) is 0 Å². The number of terminal acetylenes is 1. The van der Waals surface area contributed by atoms with Crippen LogP contribution in [0.2, 0.25) is 0 Å². The van der Waals surface area contributed by atoms with Crippen LogP contribution in [-0.4, -0.2) is 19.2 Å². The van der Waals surface area contributed by atoms with Crippen LogP contribution in [-0.2, 0) is 4.74 Å². The Kier molecular flexibility index (Phi) is 3.94. The molecule has 90 valence electrons. The minimum Gasteiger partial charge on any atom is -0.449 e. The Morgan fingerprint density at radius 2 is 2.00 bits per heavy atom. The molecule has 0 aromatic rings. The van der Waals surface area contributed by atoms with Gasteiger partial charge in [-0.15, -0.1) is 18.3 Å². The maximum atomic E-state index is 11.2. The van der Waals surface area contributed by atoms with Crippen molar-refractivity contribution in [1.29, 1.82) is 0 Å². The van der Waals surface area contributed by atoms with E-state index in [9.17, 15) is 4.79 Å². The topological polar surface area (TPSA) is 38.3 Å². The number of alkyl carbamates (subject to hydrolysis) is 1. The summed E-state index contributed by atoms with van der Waals surface area (Å²) in [6, 6.07) is 0. The number of carbonyl (C=O) groups excluding carboxylic acids is 1. The van der Waals surface area contributed by atoms with E-state index in [0.29, 0.717) is 24.4 Å². The largest absolute Gasteiger partial charge is 0.449 e. The summed E-state index contributed by atoms with van der Waals surface area (Å²) in [5.74, 6) is 10.6. The molecule has 1 amide bonds. The molecule has 0 saturated heterocycles. The van der Waals surface area contributed by atoms with E-state index in [-0.39, 0.29) is 6.54 Å². The normalized spacial score (nSPS) is 29.5. The SMILES string of the molecule is C#CCNC(=O)OCC1[C@H]2CCC#CCC[C@@H]12. The minimum atomic E-state index is -0.404. The maximum Gasteiger partial charge on any atom is 0.407 e. The zero-order valence-electron chi connectivity index (χ0n) is 9.87. The lowest BCUT2D eigenvalue weighted by molar-refractivity contribution is 0.138. The van der Waals surface area contributed by atoms with Crippen LogP contribution in [0.3, 0.4) is 0 Å². The van der Waals surface area contributed by atoms with Gasteiger partial charge in [-0.3, -0.25) is 0 Å². The monoisotopic (exact) mass is 231 g/mol. The highest BCUT2D eigenvalue weighted by molar-refractivity contribution is 5.67. The molecule has 1 N–H and O–H groups in total. The van der Waals surface area contributed by atoms with Gasteiger partial charge in [0.25, 0.3) is 0 Å². The molecule has 1 unspecified atom stereocenters. The fourth-order valence-electron chi connectivity index (χ4n) is 2.63. The molecular weight excluding hydrogens is 214 g/mol. The molecule has 0 aromatic carbocycles. The second kappa shape index (κ2) is 5.64. The lowest BCUT2D eigenvalue weighted by Crippen LogP contribution is -2.25. The van der Waals surface area contributed by atoms with Crippen LogP contribution >= 0.6 is 0 Å².